The molecular formula is C12H28Cl2N6. The highest BCUT2D eigenvalue weighted by atomic mass is 35.5. The monoisotopic (exact) mass is 326 g/mol. The number of hydrogen-bond donors (Lipinski definition) is 4. The molecule has 0 spiro atoms. The van der Waals surface area contributed by atoms with E-state index in [0.717, 1.165) is 26.2 Å². The molecule has 2 aliphatic rings. The summed E-state index contributed by atoms with van der Waals surface area (Å²) in [5.41, 5.74) is -0.460. The van der Waals surface area contributed by atoms with Gasteiger partial charge in [-0.15, -0.1) is 24.8 Å². The van der Waals surface area contributed by atoms with Gasteiger partial charge in [-0.2, -0.15) is 10.2 Å². The molecule has 120 valence electrons. The fourth-order valence-corrected chi connectivity index (χ4v) is 2.38. The minimum atomic E-state index is -0.230. The molecule has 2 rings (SSSR count). The van der Waals surface area contributed by atoms with Gasteiger partial charge in [0.15, 0.2) is 0 Å². The zero-order valence-corrected chi connectivity index (χ0v) is 14.3. The largest absolute Gasteiger partial charge is 0.299 e. The number of halogens is 2. The molecule has 0 unspecified atom stereocenters. The van der Waals surface area contributed by atoms with E-state index in [2.05, 4.69) is 59.2 Å². The highest BCUT2D eigenvalue weighted by Crippen LogP contribution is 2.21. The molecular weight excluding hydrogens is 299 g/mol. The Morgan fingerprint density at radius 3 is 1.15 bits per heavy atom. The van der Waals surface area contributed by atoms with Gasteiger partial charge in [-0.1, -0.05) is 0 Å². The van der Waals surface area contributed by atoms with E-state index < -0.39 is 0 Å². The van der Waals surface area contributed by atoms with Crippen molar-refractivity contribution in [3.63, 3.8) is 0 Å². The smallest absolute Gasteiger partial charge is 0.104 e. The van der Waals surface area contributed by atoms with Crippen molar-refractivity contribution < 1.29 is 0 Å². The van der Waals surface area contributed by atoms with E-state index >= 15 is 0 Å². The molecule has 2 saturated heterocycles. The molecule has 2 aliphatic heterocycles. The van der Waals surface area contributed by atoms with E-state index in [1.165, 1.54) is 0 Å². The van der Waals surface area contributed by atoms with Crippen LogP contribution in [0.15, 0.2) is 10.2 Å². The summed E-state index contributed by atoms with van der Waals surface area (Å²) in [6.07, 6.45) is 0.420. The molecule has 0 atom stereocenters. The van der Waals surface area contributed by atoms with Crippen molar-refractivity contribution in [1.82, 2.24) is 21.3 Å². The highest BCUT2D eigenvalue weighted by molar-refractivity contribution is 5.85. The lowest BCUT2D eigenvalue weighted by molar-refractivity contribution is 0.290. The minimum Gasteiger partial charge on any atom is -0.299 e. The third-order valence-electron chi connectivity index (χ3n) is 3.62. The van der Waals surface area contributed by atoms with E-state index in [1.807, 2.05) is 0 Å². The third-order valence-corrected chi connectivity index (χ3v) is 3.62. The van der Waals surface area contributed by atoms with Gasteiger partial charge in [-0.3, -0.25) is 21.3 Å². The summed E-state index contributed by atoms with van der Waals surface area (Å²) in [6.45, 7) is 12.4. The molecule has 0 bridgehead atoms. The summed E-state index contributed by atoms with van der Waals surface area (Å²) >= 11 is 0. The van der Waals surface area contributed by atoms with Crippen LogP contribution in [0.3, 0.4) is 0 Å². The van der Waals surface area contributed by atoms with E-state index in [1.54, 1.807) is 0 Å². The van der Waals surface area contributed by atoms with E-state index in [9.17, 15) is 0 Å². The Bertz CT molecular complexity index is 279. The van der Waals surface area contributed by atoms with Gasteiger partial charge >= 0.3 is 0 Å². The molecule has 0 amide bonds. The highest BCUT2D eigenvalue weighted by Gasteiger charge is 2.35. The predicted octanol–water partition coefficient (Wildman–Crippen LogP) is 0.877. The average Bonchev–Trinajstić information content (AvgIpc) is 2.99. The first-order valence-corrected chi connectivity index (χ1v) is 6.79. The lowest BCUT2D eigenvalue weighted by Crippen LogP contribution is -2.50. The molecule has 4 N–H and O–H groups in total. The van der Waals surface area contributed by atoms with Crippen LogP contribution in [0.2, 0.25) is 0 Å². The standard InChI is InChI=1S/C12H26N6.2ClH/c1-11(2,9-13-5-6-14-9)17-18-12(3,4)10-15-7-8-16-10;;/h9-10,13-16H,5-8H2,1-4H3;2*1H. The van der Waals surface area contributed by atoms with Gasteiger partial charge in [0.1, 0.15) is 11.1 Å². The van der Waals surface area contributed by atoms with Crippen molar-refractivity contribution in [2.45, 2.75) is 51.1 Å². The Labute approximate surface area is 134 Å². The molecule has 0 aromatic rings. The SMILES string of the molecule is CC(C)(N=NC(C)(C)C1NCCN1)C1NCCN1.Cl.Cl. The summed E-state index contributed by atoms with van der Waals surface area (Å²) in [4.78, 5) is 0. The molecule has 0 aromatic carbocycles. The number of azo groups is 1. The predicted molar refractivity (Wildman–Crippen MR) is 87.1 cm³/mol. The van der Waals surface area contributed by atoms with Crippen LogP contribution in [0.25, 0.3) is 0 Å². The Morgan fingerprint density at radius 2 is 0.900 bits per heavy atom. The van der Waals surface area contributed by atoms with Crippen LogP contribution in [0.5, 0.6) is 0 Å². The summed E-state index contributed by atoms with van der Waals surface area (Å²) in [5.74, 6) is 0. The van der Waals surface area contributed by atoms with Gasteiger partial charge in [-0.05, 0) is 27.7 Å². The van der Waals surface area contributed by atoms with E-state index in [4.69, 9.17) is 0 Å². The maximum Gasteiger partial charge on any atom is 0.104 e. The normalized spacial score (nSPS) is 22.0. The molecule has 20 heavy (non-hydrogen) atoms. The first-order chi connectivity index (χ1) is 8.42. The van der Waals surface area contributed by atoms with Crippen LogP contribution in [0, 0.1) is 0 Å². The quantitative estimate of drug-likeness (QED) is 0.579. The molecule has 6 nitrogen and oxygen atoms in total. The molecule has 2 heterocycles. The van der Waals surface area contributed by atoms with Gasteiger partial charge in [0.05, 0.1) is 12.3 Å². The number of nitrogens with zero attached hydrogens (tertiary/aromatic N) is 2. The van der Waals surface area contributed by atoms with Crippen molar-refractivity contribution >= 4 is 24.8 Å². The zero-order chi connectivity index (χ0) is 13.2. The molecule has 8 heteroatoms. The Hall–Kier alpha value is 0.0200. The van der Waals surface area contributed by atoms with Crippen LogP contribution < -0.4 is 21.3 Å². The summed E-state index contributed by atoms with van der Waals surface area (Å²) in [5, 5.41) is 22.8. The van der Waals surface area contributed by atoms with Gasteiger partial charge in [0, 0.05) is 26.2 Å². The minimum absolute atomic E-state index is 0. The fraction of sp³-hybridized carbons (Fsp3) is 1.00. The number of rotatable bonds is 4. The molecule has 2 fully saturated rings. The van der Waals surface area contributed by atoms with Gasteiger partial charge < -0.3 is 0 Å². The van der Waals surface area contributed by atoms with Crippen molar-refractivity contribution in [2.75, 3.05) is 26.2 Å². The lowest BCUT2D eigenvalue weighted by Gasteiger charge is -2.30. The first kappa shape index (κ1) is 20.0. The maximum atomic E-state index is 4.57. The second-order valence-electron chi connectivity index (χ2n) is 6.19. The summed E-state index contributed by atoms with van der Waals surface area (Å²) in [7, 11) is 0. The first-order valence-electron chi connectivity index (χ1n) is 6.79. The number of hydrogen-bond acceptors (Lipinski definition) is 6. The van der Waals surface area contributed by atoms with E-state index in [0.29, 0.717) is 0 Å². The zero-order valence-electron chi connectivity index (χ0n) is 12.7. The van der Waals surface area contributed by atoms with Crippen molar-refractivity contribution in [2.24, 2.45) is 10.2 Å². The van der Waals surface area contributed by atoms with Crippen LogP contribution in [0.1, 0.15) is 27.7 Å². The molecule has 0 saturated carbocycles. The summed E-state index contributed by atoms with van der Waals surface area (Å²) < 4.78 is 0. The topological polar surface area (TPSA) is 72.8 Å². The van der Waals surface area contributed by atoms with Gasteiger partial charge in [-0.25, -0.2) is 0 Å². The van der Waals surface area contributed by atoms with Crippen molar-refractivity contribution in [3.8, 4) is 0 Å². The van der Waals surface area contributed by atoms with Crippen molar-refractivity contribution in [1.29, 1.82) is 0 Å². The average molecular weight is 327 g/mol. The van der Waals surface area contributed by atoms with Gasteiger partial charge in [0.2, 0.25) is 0 Å². The Morgan fingerprint density at radius 1 is 0.650 bits per heavy atom. The van der Waals surface area contributed by atoms with Crippen LogP contribution in [0.4, 0.5) is 0 Å². The second-order valence-corrected chi connectivity index (χ2v) is 6.19. The molecule has 0 aromatic heterocycles. The number of nitrogens with one attached hydrogen (secondary N) is 4. The van der Waals surface area contributed by atoms with E-state index in [-0.39, 0.29) is 48.2 Å². The van der Waals surface area contributed by atoms with Crippen LogP contribution in [-0.4, -0.2) is 49.6 Å². The van der Waals surface area contributed by atoms with Crippen LogP contribution >= 0.6 is 24.8 Å². The fourth-order valence-electron chi connectivity index (χ4n) is 2.38. The van der Waals surface area contributed by atoms with Crippen LogP contribution in [-0.2, 0) is 0 Å². The lowest BCUT2D eigenvalue weighted by atomic mass is 10.0. The molecule has 0 aliphatic carbocycles. The maximum absolute atomic E-state index is 4.57. The summed E-state index contributed by atoms with van der Waals surface area (Å²) in [6, 6.07) is 0. The third kappa shape index (κ3) is 4.79. The van der Waals surface area contributed by atoms with Crippen molar-refractivity contribution in [3.05, 3.63) is 0 Å². The van der Waals surface area contributed by atoms with Gasteiger partial charge in [0.25, 0.3) is 0 Å². The second kappa shape index (κ2) is 7.87. The molecule has 0 radical (unpaired) electrons. The Kier molecular flexibility index (Phi) is 7.87. The Balaban J connectivity index is 0.00000180.